The molecule has 8 nitrogen and oxygen atoms in total. The minimum Gasteiger partial charge on any atom is -0.352 e. The van der Waals surface area contributed by atoms with Gasteiger partial charge in [-0.15, -0.1) is 0 Å². The minimum absolute atomic E-state index is 0.139. The lowest BCUT2D eigenvalue weighted by molar-refractivity contribution is -0.384. The summed E-state index contributed by atoms with van der Waals surface area (Å²) in [5.41, 5.74) is 1.21. The van der Waals surface area contributed by atoms with Crippen LogP contribution in [0.25, 0.3) is 11.3 Å². The number of hydrogen-bond donors (Lipinski definition) is 2. The molecule has 0 fully saturated rings. The van der Waals surface area contributed by atoms with Crippen molar-refractivity contribution < 1.29 is 9.31 Å². The van der Waals surface area contributed by atoms with Crippen LogP contribution in [0.3, 0.4) is 0 Å². The molecule has 0 aliphatic carbocycles. The summed E-state index contributed by atoms with van der Waals surface area (Å²) in [6, 6.07) is 8.75. The zero-order valence-electron chi connectivity index (χ0n) is 15.4. The summed E-state index contributed by atoms with van der Waals surface area (Å²) in [6.07, 6.45) is 4.17. The van der Waals surface area contributed by atoms with Gasteiger partial charge in [0.15, 0.2) is 0 Å². The molecule has 0 unspecified atom stereocenters. The van der Waals surface area contributed by atoms with Gasteiger partial charge in [0.05, 0.1) is 16.7 Å². The van der Waals surface area contributed by atoms with E-state index in [9.17, 15) is 14.5 Å². The van der Waals surface area contributed by atoms with Gasteiger partial charge in [-0.3, -0.25) is 15.1 Å². The Balaban J connectivity index is 2.03. The number of nitrogens with zero attached hydrogens (tertiary/aromatic N) is 4. The van der Waals surface area contributed by atoms with E-state index in [2.05, 4.69) is 25.6 Å². The number of rotatable bonds is 7. The zero-order chi connectivity index (χ0) is 20.1. The number of pyridine rings is 1. The minimum atomic E-state index is -0.684. The molecular formula is C19H19FN6O2. The van der Waals surface area contributed by atoms with Crippen LogP contribution in [-0.2, 0) is 0 Å². The van der Waals surface area contributed by atoms with E-state index in [0.29, 0.717) is 17.5 Å². The molecular weight excluding hydrogens is 363 g/mol. The van der Waals surface area contributed by atoms with E-state index in [4.69, 9.17) is 0 Å². The van der Waals surface area contributed by atoms with E-state index < -0.39 is 10.7 Å². The lowest BCUT2D eigenvalue weighted by Crippen LogP contribution is -2.16. The van der Waals surface area contributed by atoms with Crippen molar-refractivity contribution in [2.45, 2.75) is 26.3 Å². The Kier molecular flexibility index (Phi) is 5.73. The maximum absolute atomic E-state index is 13.4. The highest BCUT2D eigenvalue weighted by atomic mass is 19.1. The Bertz CT molecular complexity index is 983. The summed E-state index contributed by atoms with van der Waals surface area (Å²) < 4.78 is 13.4. The fraction of sp³-hybridized carbons (Fsp3) is 0.211. The highest BCUT2D eigenvalue weighted by Gasteiger charge is 2.17. The Morgan fingerprint density at radius 2 is 1.93 bits per heavy atom. The van der Waals surface area contributed by atoms with Crippen molar-refractivity contribution in [1.82, 2.24) is 15.0 Å². The van der Waals surface area contributed by atoms with Crippen LogP contribution in [0.5, 0.6) is 0 Å². The van der Waals surface area contributed by atoms with Crippen LogP contribution in [-0.4, -0.2) is 25.9 Å². The van der Waals surface area contributed by atoms with Crippen LogP contribution >= 0.6 is 0 Å². The third kappa shape index (κ3) is 4.56. The Morgan fingerprint density at radius 3 is 2.61 bits per heavy atom. The zero-order valence-corrected chi connectivity index (χ0v) is 15.4. The number of halogens is 1. The number of benzene rings is 1. The lowest BCUT2D eigenvalue weighted by Gasteiger charge is -2.14. The molecule has 0 bridgehead atoms. The molecule has 0 spiro atoms. The number of aromatic nitrogens is 3. The molecule has 0 aliphatic rings. The van der Waals surface area contributed by atoms with Gasteiger partial charge in [0.1, 0.15) is 17.3 Å². The van der Waals surface area contributed by atoms with Gasteiger partial charge >= 0.3 is 0 Å². The van der Waals surface area contributed by atoms with E-state index in [1.807, 2.05) is 13.8 Å². The van der Waals surface area contributed by atoms with Crippen LogP contribution < -0.4 is 10.6 Å². The first kappa shape index (κ1) is 19.2. The predicted octanol–water partition coefficient (Wildman–Crippen LogP) is 4.54. The van der Waals surface area contributed by atoms with Crippen molar-refractivity contribution in [1.29, 1.82) is 0 Å². The Labute approximate surface area is 161 Å². The standard InChI is InChI=1S/C19H19FN6O2/c1-3-12(2)22-19-24-16(13-6-8-21-9-7-13)11-18(25-19)23-15-5-4-14(20)10-17(15)26(27)28/h4-12H,3H2,1-2H3,(H2,22,23,24,25)/t12-/m1/s1. The molecule has 3 rings (SSSR count). The van der Waals surface area contributed by atoms with E-state index in [1.165, 1.54) is 6.07 Å². The molecule has 28 heavy (non-hydrogen) atoms. The van der Waals surface area contributed by atoms with E-state index >= 15 is 0 Å². The van der Waals surface area contributed by atoms with Crippen molar-refractivity contribution in [3.63, 3.8) is 0 Å². The summed E-state index contributed by atoms with van der Waals surface area (Å²) in [7, 11) is 0. The van der Waals surface area contributed by atoms with Crippen LogP contribution in [0.4, 0.5) is 27.5 Å². The summed E-state index contributed by atoms with van der Waals surface area (Å²) in [6.45, 7) is 4.03. The first-order valence-electron chi connectivity index (χ1n) is 8.73. The van der Waals surface area contributed by atoms with E-state index in [0.717, 1.165) is 24.1 Å². The topological polar surface area (TPSA) is 106 Å². The van der Waals surface area contributed by atoms with E-state index in [-0.39, 0.29) is 17.4 Å². The third-order valence-corrected chi connectivity index (χ3v) is 4.11. The number of hydrogen-bond acceptors (Lipinski definition) is 7. The van der Waals surface area contributed by atoms with Gasteiger partial charge in [-0.1, -0.05) is 6.92 Å². The van der Waals surface area contributed by atoms with Crippen molar-refractivity contribution >= 4 is 23.1 Å². The molecule has 0 amide bonds. The second-order valence-corrected chi connectivity index (χ2v) is 6.20. The monoisotopic (exact) mass is 382 g/mol. The molecule has 144 valence electrons. The van der Waals surface area contributed by atoms with Gasteiger partial charge in [-0.2, -0.15) is 4.98 Å². The highest BCUT2D eigenvalue weighted by Crippen LogP contribution is 2.29. The summed E-state index contributed by atoms with van der Waals surface area (Å²) in [4.78, 5) is 23.5. The number of nitro groups is 1. The predicted molar refractivity (Wildman–Crippen MR) is 105 cm³/mol. The molecule has 2 heterocycles. The van der Waals surface area contributed by atoms with Gasteiger partial charge in [-0.05, 0) is 37.6 Å². The fourth-order valence-electron chi connectivity index (χ4n) is 2.47. The van der Waals surface area contributed by atoms with Crippen molar-refractivity contribution in [2.24, 2.45) is 0 Å². The summed E-state index contributed by atoms with van der Waals surface area (Å²) in [5, 5.41) is 17.4. The van der Waals surface area contributed by atoms with E-state index in [1.54, 1.807) is 30.6 Å². The third-order valence-electron chi connectivity index (χ3n) is 4.11. The van der Waals surface area contributed by atoms with Crippen molar-refractivity contribution in [3.05, 3.63) is 64.7 Å². The molecule has 2 aromatic heterocycles. The second-order valence-electron chi connectivity index (χ2n) is 6.20. The number of anilines is 3. The molecule has 0 aliphatic heterocycles. The molecule has 2 N–H and O–H groups in total. The van der Waals surface area contributed by atoms with Crippen LogP contribution in [0.1, 0.15) is 20.3 Å². The number of nitrogens with one attached hydrogen (secondary N) is 2. The average Bonchev–Trinajstić information content (AvgIpc) is 2.69. The van der Waals surface area contributed by atoms with Crippen LogP contribution in [0, 0.1) is 15.9 Å². The SMILES string of the molecule is CC[C@@H](C)Nc1nc(Nc2ccc(F)cc2[N+](=O)[O-])cc(-c2ccncc2)n1. The number of nitro benzene ring substituents is 1. The van der Waals surface area contributed by atoms with Crippen molar-refractivity contribution in [3.8, 4) is 11.3 Å². The summed E-state index contributed by atoms with van der Waals surface area (Å²) >= 11 is 0. The van der Waals surface area contributed by atoms with Gasteiger partial charge in [0, 0.05) is 30.1 Å². The first-order valence-corrected chi connectivity index (χ1v) is 8.73. The molecule has 1 aromatic carbocycles. The lowest BCUT2D eigenvalue weighted by atomic mass is 10.2. The normalized spacial score (nSPS) is 11.7. The van der Waals surface area contributed by atoms with Crippen LogP contribution in [0.2, 0.25) is 0 Å². The maximum atomic E-state index is 13.4. The largest absolute Gasteiger partial charge is 0.352 e. The molecule has 0 saturated heterocycles. The van der Waals surface area contributed by atoms with Gasteiger partial charge in [0.25, 0.3) is 5.69 Å². The summed E-state index contributed by atoms with van der Waals surface area (Å²) in [5.74, 6) is 0.0507. The first-order chi connectivity index (χ1) is 13.5. The molecule has 0 radical (unpaired) electrons. The smallest absolute Gasteiger partial charge is 0.295 e. The molecule has 0 saturated carbocycles. The molecule has 9 heteroatoms. The fourth-order valence-corrected chi connectivity index (χ4v) is 2.47. The van der Waals surface area contributed by atoms with Crippen molar-refractivity contribution in [2.75, 3.05) is 10.6 Å². The molecule has 1 atom stereocenters. The molecule has 3 aromatic rings. The average molecular weight is 382 g/mol. The highest BCUT2D eigenvalue weighted by molar-refractivity contribution is 5.71. The van der Waals surface area contributed by atoms with Gasteiger partial charge < -0.3 is 10.6 Å². The van der Waals surface area contributed by atoms with Gasteiger partial charge in [0.2, 0.25) is 5.95 Å². The Hall–Kier alpha value is -3.62. The Morgan fingerprint density at radius 1 is 1.18 bits per heavy atom. The second kappa shape index (κ2) is 8.38. The maximum Gasteiger partial charge on any atom is 0.295 e. The van der Waals surface area contributed by atoms with Gasteiger partial charge in [-0.25, -0.2) is 9.37 Å². The quantitative estimate of drug-likeness (QED) is 0.456. The van der Waals surface area contributed by atoms with Crippen LogP contribution in [0.15, 0.2) is 48.8 Å².